The van der Waals surface area contributed by atoms with E-state index in [2.05, 4.69) is 20.4 Å². The largest absolute Gasteiger partial charge is 0.478 e. The first-order valence-electron chi connectivity index (χ1n) is 9.36. The van der Waals surface area contributed by atoms with Gasteiger partial charge in [0, 0.05) is 58.3 Å². The molecular formula is C18H25N7O2. The Balaban J connectivity index is 1.34. The van der Waals surface area contributed by atoms with Crippen LogP contribution in [0.15, 0.2) is 18.5 Å². The first-order chi connectivity index (χ1) is 13.1. The quantitative estimate of drug-likeness (QED) is 0.865. The van der Waals surface area contributed by atoms with Crippen molar-refractivity contribution in [2.24, 2.45) is 0 Å². The summed E-state index contributed by atoms with van der Waals surface area (Å²) in [6.45, 7) is 2.90. The first-order valence-corrected chi connectivity index (χ1v) is 9.36. The molecule has 1 fully saturated rings. The van der Waals surface area contributed by atoms with Crippen molar-refractivity contribution in [3.8, 4) is 5.88 Å². The summed E-state index contributed by atoms with van der Waals surface area (Å²) in [4.78, 5) is 25.1. The number of anilines is 2. The second-order valence-electron chi connectivity index (χ2n) is 7.16. The van der Waals surface area contributed by atoms with Crippen LogP contribution in [0.25, 0.3) is 0 Å². The molecule has 9 heteroatoms. The lowest BCUT2D eigenvalue weighted by molar-refractivity contribution is 0.0711. The van der Waals surface area contributed by atoms with Crippen LogP contribution >= 0.6 is 0 Å². The Morgan fingerprint density at radius 2 is 2.04 bits per heavy atom. The smallest absolute Gasteiger partial charge is 0.274 e. The fraction of sp³-hybridized carbons (Fsp3) is 0.556. The zero-order valence-corrected chi connectivity index (χ0v) is 15.8. The molecule has 0 unspecified atom stereocenters. The number of fused-ring (bicyclic) bond motifs is 1. The molecule has 0 atom stereocenters. The van der Waals surface area contributed by atoms with Crippen LogP contribution in [0.4, 0.5) is 11.6 Å². The number of piperidine rings is 1. The van der Waals surface area contributed by atoms with Crippen molar-refractivity contribution < 1.29 is 9.53 Å². The van der Waals surface area contributed by atoms with Gasteiger partial charge < -0.3 is 19.9 Å². The van der Waals surface area contributed by atoms with Crippen LogP contribution in [-0.4, -0.2) is 70.4 Å². The second kappa shape index (κ2) is 7.42. The zero-order chi connectivity index (χ0) is 18.8. The summed E-state index contributed by atoms with van der Waals surface area (Å²) in [7, 11) is 3.91. The van der Waals surface area contributed by atoms with E-state index in [4.69, 9.17) is 4.74 Å². The molecule has 27 heavy (non-hydrogen) atoms. The van der Waals surface area contributed by atoms with Gasteiger partial charge in [-0.25, -0.2) is 14.6 Å². The van der Waals surface area contributed by atoms with Crippen LogP contribution in [0.5, 0.6) is 5.88 Å². The molecule has 1 saturated heterocycles. The molecule has 9 nitrogen and oxygen atoms in total. The van der Waals surface area contributed by atoms with Crippen molar-refractivity contribution in [3.63, 3.8) is 0 Å². The van der Waals surface area contributed by atoms with Gasteiger partial charge in [0.2, 0.25) is 5.88 Å². The maximum Gasteiger partial charge on any atom is 0.274 e. The van der Waals surface area contributed by atoms with Crippen LogP contribution < -0.4 is 15.0 Å². The molecule has 0 saturated carbocycles. The number of nitrogens with zero attached hydrogens (tertiary/aromatic N) is 6. The van der Waals surface area contributed by atoms with Gasteiger partial charge in [0.25, 0.3) is 5.91 Å². The molecule has 1 amide bonds. The summed E-state index contributed by atoms with van der Waals surface area (Å²) in [5.41, 5.74) is 0.477. The zero-order valence-electron chi connectivity index (χ0n) is 15.8. The molecule has 2 aliphatic heterocycles. The van der Waals surface area contributed by atoms with E-state index < -0.39 is 0 Å². The number of hydrogen-bond donors (Lipinski definition) is 1. The molecule has 0 aromatic carbocycles. The van der Waals surface area contributed by atoms with Crippen LogP contribution in [0.3, 0.4) is 0 Å². The third kappa shape index (κ3) is 3.81. The normalized spacial score (nSPS) is 17.2. The van der Waals surface area contributed by atoms with Crippen molar-refractivity contribution in [2.75, 3.05) is 44.0 Å². The van der Waals surface area contributed by atoms with Crippen LogP contribution in [0, 0.1) is 0 Å². The Kier molecular flexibility index (Phi) is 4.83. The van der Waals surface area contributed by atoms with Crippen LogP contribution in [0.2, 0.25) is 0 Å². The molecule has 2 aromatic heterocycles. The number of aromatic nitrogens is 4. The van der Waals surface area contributed by atoms with Crippen molar-refractivity contribution in [1.29, 1.82) is 0 Å². The second-order valence-corrected chi connectivity index (χ2v) is 7.16. The standard InChI is InChI=1S/C18H25N7O2/c1-23(2)16-11-15(19-12-20-16)21-13-4-7-24(8-5-13)18(26)14-10-17-25(22-14)6-3-9-27-17/h10-13H,3-9H2,1-2H3,(H,19,20,21). The fourth-order valence-corrected chi connectivity index (χ4v) is 3.44. The number of ether oxygens (including phenoxy) is 1. The number of rotatable bonds is 4. The predicted octanol–water partition coefficient (Wildman–Crippen LogP) is 1.24. The van der Waals surface area contributed by atoms with Crippen molar-refractivity contribution in [3.05, 3.63) is 24.2 Å². The third-order valence-electron chi connectivity index (χ3n) is 4.97. The van der Waals surface area contributed by atoms with E-state index >= 15 is 0 Å². The Labute approximate surface area is 158 Å². The SMILES string of the molecule is CN(C)c1cc(NC2CCN(C(=O)c3cc4n(n3)CCCO4)CC2)ncn1. The molecule has 4 heterocycles. The van der Waals surface area contributed by atoms with Crippen LogP contribution in [0.1, 0.15) is 29.8 Å². The van der Waals surface area contributed by atoms with Gasteiger partial charge >= 0.3 is 0 Å². The van der Waals surface area contributed by atoms with Gasteiger partial charge in [0.1, 0.15) is 18.0 Å². The van der Waals surface area contributed by atoms with E-state index in [1.54, 1.807) is 17.1 Å². The number of hydrogen-bond acceptors (Lipinski definition) is 7. The number of aryl methyl sites for hydroxylation is 1. The molecule has 0 bridgehead atoms. The summed E-state index contributed by atoms with van der Waals surface area (Å²) in [5, 5.41) is 7.86. The number of carbonyl (C=O) groups excluding carboxylic acids is 1. The van der Waals surface area contributed by atoms with E-state index in [9.17, 15) is 4.79 Å². The van der Waals surface area contributed by atoms with Gasteiger partial charge in [-0.1, -0.05) is 0 Å². The molecule has 1 N–H and O–H groups in total. The predicted molar refractivity (Wildman–Crippen MR) is 101 cm³/mol. The number of amides is 1. The number of carbonyl (C=O) groups is 1. The third-order valence-corrected chi connectivity index (χ3v) is 4.97. The average Bonchev–Trinajstić information content (AvgIpc) is 3.12. The molecule has 0 radical (unpaired) electrons. The Morgan fingerprint density at radius 3 is 2.78 bits per heavy atom. The minimum atomic E-state index is -0.0177. The Bertz CT molecular complexity index is 788. The Morgan fingerprint density at radius 1 is 1.22 bits per heavy atom. The summed E-state index contributed by atoms with van der Waals surface area (Å²) < 4.78 is 7.34. The molecule has 0 aliphatic carbocycles. The van der Waals surface area contributed by atoms with Crippen molar-refractivity contribution in [1.82, 2.24) is 24.6 Å². The molecular weight excluding hydrogens is 346 g/mol. The summed E-state index contributed by atoms with van der Waals surface area (Å²) in [5.74, 6) is 2.36. The summed E-state index contributed by atoms with van der Waals surface area (Å²) in [6.07, 6.45) is 4.24. The maximum atomic E-state index is 12.8. The minimum absolute atomic E-state index is 0.0177. The summed E-state index contributed by atoms with van der Waals surface area (Å²) in [6, 6.07) is 3.99. The average molecular weight is 371 g/mol. The molecule has 4 rings (SSSR count). The van der Waals surface area contributed by atoms with Gasteiger partial charge in [0.15, 0.2) is 5.69 Å². The highest BCUT2D eigenvalue weighted by Gasteiger charge is 2.27. The minimum Gasteiger partial charge on any atom is -0.478 e. The lowest BCUT2D eigenvalue weighted by Gasteiger charge is -2.32. The lowest BCUT2D eigenvalue weighted by atomic mass is 10.0. The van der Waals surface area contributed by atoms with E-state index in [-0.39, 0.29) is 11.9 Å². The highest BCUT2D eigenvalue weighted by molar-refractivity contribution is 5.92. The van der Waals surface area contributed by atoms with E-state index in [0.29, 0.717) is 31.3 Å². The fourth-order valence-electron chi connectivity index (χ4n) is 3.44. The molecule has 2 aliphatic rings. The first kappa shape index (κ1) is 17.6. The van der Waals surface area contributed by atoms with Gasteiger partial charge in [0.05, 0.1) is 6.61 Å². The maximum absolute atomic E-state index is 12.8. The van der Waals surface area contributed by atoms with E-state index in [1.165, 1.54) is 0 Å². The van der Waals surface area contributed by atoms with Gasteiger partial charge in [-0.3, -0.25) is 4.79 Å². The van der Waals surface area contributed by atoms with Gasteiger partial charge in [-0.05, 0) is 12.8 Å². The molecule has 144 valence electrons. The summed E-state index contributed by atoms with van der Waals surface area (Å²) >= 11 is 0. The Hall–Kier alpha value is -2.84. The van der Waals surface area contributed by atoms with Crippen molar-refractivity contribution >= 4 is 17.5 Å². The highest BCUT2D eigenvalue weighted by Crippen LogP contribution is 2.22. The lowest BCUT2D eigenvalue weighted by Crippen LogP contribution is -2.42. The monoisotopic (exact) mass is 371 g/mol. The van der Waals surface area contributed by atoms with Gasteiger partial charge in [-0.15, -0.1) is 0 Å². The highest BCUT2D eigenvalue weighted by atomic mass is 16.5. The number of nitrogens with one attached hydrogen (secondary N) is 1. The van der Waals surface area contributed by atoms with E-state index in [0.717, 1.165) is 37.4 Å². The topological polar surface area (TPSA) is 88.4 Å². The van der Waals surface area contributed by atoms with Crippen LogP contribution in [-0.2, 0) is 6.54 Å². The number of likely N-dealkylation sites (tertiary alicyclic amines) is 1. The van der Waals surface area contributed by atoms with Gasteiger partial charge in [-0.2, -0.15) is 5.10 Å². The van der Waals surface area contributed by atoms with E-state index in [1.807, 2.05) is 30.0 Å². The molecule has 0 spiro atoms. The molecule has 2 aromatic rings. The van der Waals surface area contributed by atoms with Crippen molar-refractivity contribution in [2.45, 2.75) is 31.8 Å².